The van der Waals surface area contributed by atoms with Crippen LogP contribution in [-0.2, 0) is 0 Å². The highest BCUT2D eigenvalue weighted by molar-refractivity contribution is 5.87. The Morgan fingerprint density at radius 3 is 2.42 bits per heavy atom. The summed E-state index contributed by atoms with van der Waals surface area (Å²) in [7, 11) is 0. The molecular weight excluding hydrogens is 476 g/mol. The van der Waals surface area contributed by atoms with E-state index in [9.17, 15) is 4.79 Å². The van der Waals surface area contributed by atoms with Crippen molar-refractivity contribution < 1.29 is 4.74 Å². The molecule has 0 aliphatic rings. The number of anilines is 2. The van der Waals surface area contributed by atoms with E-state index in [0.29, 0.717) is 35.2 Å². The van der Waals surface area contributed by atoms with Crippen molar-refractivity contribution in [3.05, 3.63) is 102 Å². The van der Waals surface area contributed by atoms with Gasteiger partial charge in [-0.05, 0) is 49.0 Å². The van der Waals surface area contributed by atoms with Crippen LogP contribution in [0.15, 0.2) is 96.3 Å². The summed E-state index contributed by atoms with van der Waals surface area (Å²) in [5.41, 5.74) is 2.72. The van der Waals surface area contributed by atoms with Crippen LogP contribution in [0.1, 0.15) is 13.8 Å². The molecule has 0 saturated heterocycles. The van der Waals surface area contributed by atoms with Crippen molar-refractivity contribution in [3.8, 4) is 22.6 Å². The quantitative estimate of drug-likeness (QED) is 0.275. The zero-order valence-corrected chi connectivity index (χ0v) is 21.5. The molecule has 4 heterocycles. The third kappa shape index (κ3) is 5.55. The van der Waals surface area contributed by atoms with Crippen LogP contribution in [-0.4, -0.2) is 50.7 Å². The Kier molecular flexibility index (Phi) is 7.70. The number of hydrogen-bond acceptors (Lipinski definition) is 7. The number of nitrogens with zero attached hydrogens (tertiary/aromatic N) is 5. The lowest BCUT2D eigenvalue weighted by Gasteiger charge is -2.18. The predicted octanol–water partition coefficient (Wildman–Crippen LogP) is 5.31. The lowest BCUT2D eigenvalue weighted by Crippen LogP contribution is -2.27. The topological polar surface area (TPSA) is 85.2 Å². The van der Waals surface area contributed by atoms with Crippen molar-refractivity contribution in [2.75, 3.05) is 31.6 Å². The van der Waals surface area contributed by atoms with E-state index in [0.717, 1.165) is 36.1 Å². The average Bonchev–Trinajstić information content (AvgIpc) is 2.97. The Morgan fingerprint density at radius 2 is 1.71 bits per heavy atom. The van der Waals surface area contributed by atoms with Gasteiger partial charge < -0.3 is 15.0 Å². The molecule has 1 N–H and O–H groups in total. The van der Waals surface area contributed by atoms with Gasteiger partial charge in [0, 0.05) is 36.0 Å². The van der Waals surface area contributed by atoms with E-state index in [1.54, 1.807) is 29.4 Å². The Hall–Kier alpha value is -4.56. The summed E-state index contributed by atoms with van der Waals surface area (Å²) in [6.07, 6.45) is 6.84. The summed E-state index contributed by atoms with van der Waals surface area (Å²) in [6, 6.07) is 20.8. The minimum absolute atomic E-state index is 0.127. The molecule has 0 radical (unpaired) electrons. The van der Waals surface area contributed by atoms with Crippen LogP contribution in [0.5, 0.6) is 5.75 Å². The average molecular weight is 507 g/mol. The minimum Gasteiger partial charge on any atom is -0.491 e. The van der Waals surface area contributed by atoms with Crippen LogP contribution in [0.2, 0.25) is 0 Å². The van der Waals surface area contributed by atoms with Gasteiger partial charge in [0.05, 0.1) is 23.6 Å². The van der Waals surface area contributed by atoms with E-state index in [2.05, 4.69) is 39.0 Å². The highest BCUT2D eigenvalue weighted by Gasteiger charge is 2.14. The normalized spacial score (nSPS) is 11.1. The van der Waals surface area contributed by atoms with Gasteiger partial charge in [0.1, 0.15) is 24.0 Å². The Morgan fingerprint density at radius 1 is 0.895 bits per heavy atom. The van der Waals surface area contributed by atoms with Gasteiger partial charge in [0.25, 0.3) is 5.56 Å². The first-order valence-corrected chi connectivity index (χ1v) is 12.8. The first kappa shape index (κ1) is 25.1. The molecule has 38 heavy (non-hydrogen) atoms. The lowest BCUT2D eigenvalue weighted by molar-refractivity contribution is 0.222. The number of fused-ring (bicyclic) bond motifs is 1. The van der Waals surface area contributed by atoms with E-state index in [4.69, 9.17) is 4.74 Å². The van der Waals surface area contributed by atoms with Crippen LogP contribution in [0.3, 0.4) is 0 Å². The number of likely N-dealkylation sites (N-methyl/N-ethyl adjacent to an activating group) is 1. The van der Waals surface area contributed by atoms with E-state index < -0.39 is 0 Å². The highest BCUT2D eigenvalue weighted by atomic mass is 16.5. The summed E-state index contributed by atoms with van der Waals surface area (Å²) >= 11 is 0. The van der Waals surface area contributed by atoms with Crippen molar-refractivity contribution in [2.45, 2.75) is 13.8 Å². The van der Waals surface area contributed by atoms with Crippen LogP contribution in [0, 0.1) is 0 Å². The molecular formula is C30H30N6O2. The molecule has 0 fully saturated rings. The molecule has 0 spiro atoms. The first-order chi connectivity index (χ1) is 18.7. The number of nitrogens with one attached hydrogen (secondary N) is 1. The zero-order valence-electron chi connectivity index (χ0n) is 21.5. The number of hydrogen-bond donors (Lipinski definition) is 1. The molecule has 0 bridgehead atoms. The Balaban J connectivity index is 1.44. The second-order valence-electron chi connectivity index (χ2n) is 8.78. The van der Waals surface area contributed by atoms with Crippen molar-refractivity contribution in [1.82, 2.24) is 24.4 Å². The van der Waals surface area contributed by atoms with Crippen LogP contribution < -0.4 is 15.6 Å². The second kappa shape index (κ2) is 11.7. The fraction of sp³-hybridized carbons (Fsp3) is 0.200. The molecule has 0 saturated carbocycles. The SMILES string of the molecule is CCN(CC)CCOc1ccc(Nc2cc3c(cn2)cc(-c2ccccc2)c(=O)n3-c2cccnc2)nc1. The lowest BCUT2D eigenvalue weighted by atomic mass is 10.1. The van der Waals surface area contributed by atoms with E-state index in [-0.39, 0.29) is 5.56 Å². The molecule has 0 aliphatic carbocycles. The fourth-order valence-corrected chi connectivity index (χ4v) is 4.35. The van der Waals surface area contributed by atoms with Gasteiger partial charge in [-0.3, -0.25) is 14.3 Å². The molecule has 8 heteroatoms. The van der Waals surface area contributed by atoms with E-state index in [1.165, 1.54) is 0 Å². The van der Waals surface area contributed by atoms with Gasteiger partial charge in [-0.15, -0.1) is 0 Å². The first-order valence-electron chi connectivity index (χ1n) is 12.8. The van der Waals surface area contributed by atoms with Gasteiger partial charge in [-0.2, -0.15) is 0 Å². The Labute approximate surface area is 221 Å². The molecule has 5 rings (SSSR count). The van der Waals surface area contributed by atoms with Gasteiger partial charge in [-0.25, -0.2) is 9.97 Å². The van der Waals surface area contributed by atoms with Gasteiger partial charge in [0.15, 0.2) is 0 Å². The molecule has 5 aromatic rings. The van der Waals surface area contributed by atoms with E-state index in [1.807, 2.05) is 66.7 Å². The third-order valence-electron chi connectivity index (χ3n) is 6.44. The molecule has 1 aromatic carbocycles. The molecule has 0 aliphatic heterocycles. The number of pyridine rings is 4. The number of aromatic nitrogens is 4. The molecule has 0 atom stereocenters. The van der Waals surface area contributed by atoms with Crippen molar-refractivity contribution >= 4 is 22.5 Å². The van der Waals surface area contributed by atoms with E-state index >= 15 is 0 Å². The van der Waals surface area contributed by atoms with Crippen molar-refractivity contribution in [3.63, 3.8) is 0 Å². The summed E-state index contributed by atoms with van der Waals surface area (Å²) in [6.45, 7) is 7.77. The van der Waals surface area contributed by atoms with Crippen molar-refractivity contribution in [2.24, 2.45) is 0 Å². The third-order valence-corrected chi connectivity index (χ3v) is 6.44. The molecule has 8 nitrogen and oxygen atoms in total. The second-order valence-corrected chi connectivity index (χ2v) is 8.78. The standard InChI is InChI=1S/C30H30N6O2/c1-3-35(4-2)15-16-38-25-12-13-28(33-21-25)34-29-18-27-23(19-32-29)17-26(22-9-6-5-7-10-22)30(37)36(27)24-11-8-14-31-20-24/h5-14,17-21H,3-4,15-16H2,1-2H3,(H,32,33,34). The maximum atomic E-state index is 13.7. The smallest absolute Gasteiger partial charge is 0.263 e. The summed E-state index contributed by atoms with van der Waals surface area (Å²) in [5, 5.41) is 4.08. The predicted molar refractivity (Wildman–Crippen MR) is 151 cm³/mol. The summed E-state index contributed by atoms with van der Waals surface area (Å²) in [5.74, 6) is 1.92. The number of ether oxygens (including phenoxy) is 1. The van der Waals surface area contributed by atoms with Crippen LogP contribution in [0.25, 0.3) is 27.7 Å². The summed E-state index contributed by atoms with van der Waals surface area (Å²) in [4.78, 5) is 29.3. The van der Waals surface area contributed by atoms with Gasteiger partial charge >= 0.3 is 0 Å². The molecule has 4 aromatic heterocycles. The zero-order chi connectivity index (χ0) is 26.3. The summed E-state index contributed by atoms with van der Waals surface area (Å²) < 4.78 is 7.52. The van der Waals surface area contributed by atoms with Gasteiger partial charge in [-0.1, -0.05) is 44.2 Å². The fourth-order valence-electron chi connectivity index (χ4n) is 4.35. The van der Waals surface area contributed by atoms with Gasteiger partial charge in [0.2, 0.25) is 0 Å². The highest BCUT2D eigenvalue weighted by Crippen LogP contribution is 2.25. The van der Waals surface area contributed by atoms with Crippen molar-refractivity contribution in [1.29, 1.82) is 0 Å². The largest absolute Gasteiger partial charge is 0.491 e. The maximum absolute atomic E-state index is 13.7. The number of rotatable bonds is 10. The minimum atomic E-state index is -0.127. The molecule has 0 amide bonds. The molecule has 192 valence electrons. The van der Waals surface area contributed by atoms with Crippen LogP contribution in [0.4, 0.5) is 11.6 Å². The Bertz CT molecular complexity index is 1550. The monoisotopic (exact) mass is 506 g/mol. The number of benzene rings is 1. The maximum Gasteiger partial charge on any atom is 0.263 e. The molecule has 0 unspecified atom stereocenters. The van der Waals surface area contributed by atoms with Crippen LogP contribution >= 0.6 is 0 Å².